The summed E-state index contributed by atoms with van der Waals surface area (Å²) in [6.45, 7) is 8.07. The van der Waals surface area contributed by atoms with Gasteiger partial charge >= 0.3 is 0 Å². The Hall–Kier alpha value is -1.71. The van der Waals surface area contributed by atoms with E-state index in [9.17, 15) is 0 Å². The van der Waals surface area contributed by atoms with Crippen molar-refractivity contribution in [1.29, 1.82) is 0 Å². The quantitative estimate of drug-likeness (QED) is 0.785. The van der Waals surface area contributed by atoms with Crippen LogP contribution in [0, 0.1) is 0 Å². The molecule has 2 N–H and O–H groups in total. The molecule has 1 heterocycles. The largest absolute Gasteiger partial charge is 0.367 e. The number of hydrogen-bond donors (Lipinski definition) is 2. The van der Waals surface area contributed by atoms with Gasteiger partial charge in [-0.15, -0.1) is 0 Å². The number of pyridine rings is 1. The van der Waals surface area contributed by atoms with Gasteiger partial charge in [0.1, 0.15) is 5.82 Å². The first kappa shape index (κ1) is 15.7. The summed E-state index contributed by atoms with van der Waals surface area (Å²) in [6, 6.07) is 9.55. The van der Waals surface area contributed by atoms with E-state index in [4.69, 9.17) is 23.2 Å². The molecule has 0 bridgehead atoms. The van der Waals surface area contributed by atoms with Crippen molar-refractivity contribution in [2.75, 3.05) is 10.6 Å². The Morgan fingerprint density at radius 1 is 1.24 bits per heavy atom. The molecule has 5 heteroatoms. The standard InChI is InChI=1S/C16H17Cl2N3/c1-10(2)20-16-15(18)7-12(9-19-16)11(3)21-14-6-4-5-13(17)8-14/h4-10,21H,3H2,1-2H3,(H,19,20). The molecule has 0 saturated carbocycles. The van der Waals surface area contributed by atoms with E-state index in [-0.39, 0.29) is 6.04 Å². The van der Waals surface area contributed by atoms with Crippen LogP contribution >= 0.6 is 23.2 Å². The molecule has 0 amide bonds. The maximum atomic E-state index is 6.23. The van der Waals surface area contributed by atoms with Crippen LogP contribution in [0.5, 0.6) is 0 Å². The summed E-state index contributed by atoms with van der Waals surface area (Å²) in [5.41, 5.74) is 2.41. The normalized spacial score (nSPS) is 10.5. The van der Waals surface area contributed by atoms with Crippen molar-refractivity contribution in [2.24, 2.45) is 0 Å². The van der Waals surface area contributed by atoms with Gasteiger partial charge in [-0.3, -0.25) is 0 Å². The van der Waals surface area contributed by atoms with Gasteiger partial charge in [-0.2, -0.15) is 0 Å². The molecule has 0 aliphatic heterocycles. The first-order valence-corrected chi connectivity index (χ1v) is 7.35. The minimum absolute atomic E-state index is 0.272. The van der Waals surface area contributed by atoms with E-state index in [0.717, 1.165) is 11.3 Å². The van der Waals surface area contributed by atoms with Gasteiger partial charge in [-0.25, -0.2) is 4.98 Å². The first-order valence-electron chi connectivity index (χ1n) is 6.59. The number of anilines is 2. The van der Waals surface area contributed by atoms with Crippen molar-refractivity contribution < 1.29 is 0 Å². The van der Waals surface area contributed by atoms with Crippen molar-refractivity contribution >= 4 is 40.4 Å². The summed E-state index contributed by atoms with van der Waals surface area (Å²) in [5, 5.41) is 7.61. The van der Waals surface area contributed by atoms with E-state index in [2.05, 4.69) is 22.2 Å². The molecule has 0 radical (unpaired) electrons. The van der Waals surface area contributed by atoms with E-state index in [1.54, 1.807) is 6.20 Å². The summed E-state index contributed by atoms with van der Waals surface area (Å²) in [7, 11) is 0. The molecule has 0 spiro atoms. The second-order valence-electron chi connectivity index (χ2n) is 4.97. The highest BCUT2D eigenvalue weighted by molar-refractivity contribution is 6.33. The molecule has 0 unspecified atom stereocenters. The molecular formula is C16H17Cl2N3. The fourth-order valence-corrected chi connectivity index (χ4v) is 2.21. The zero-order valence-electron chi connectivity index (χ0n) is 12.0. The van der Waals surface area contributed by atoms with Crippen LogP contribution in [0.4, 0.5) is 11.5 Å². The zero-order valence-corrected chi connectivity index (χ0v) is 13.5. The Labute approximate surface area is 135 Å². The number of aromatic nitrogens is 1. The molecule has 0 fully saturated rings. The van der Waals surface area contributed by atoms with E-state index in [1.807, 2.05) is 44.2 Å². The van der Waals surface area contributed by atoms with Crippen molar-refractivity contribution in [3.63, 3.8) is 0 Å². The average molecular weight is 322 g/mol. The van der Waals surface area contributed by atoms with Crippen LogP contribution in [-0.2, 0) is 0 Å². The van der Waals surface area contributed by atoms with E-state index < -0.39 is 0 Å². The van der Waals surface area contributed by atoms with Crippen LogP contribution in [-0.4, -0.2) is 11.0 Å². The van der Waals surface area contributed by atoms with Crippen LogP contribution in [0.15, 0.2) is 43.1 Å². The molecule has 2 aromatic rings. The summed E-state index contributed by atoms with van der Waals surface area (Å²) in [6.07, 6.45) is 1.73. The third-order valence-electron chi connectivity index (χ3n) is 2.73. The highest BCUT2D eigenvalue weighted by atomic mass is 35.5. The minimum Gasteiger partial charge on any atom is -0.367 e. The first-order chi connectivity index (χ1) is 9.95. The number of benzene rings is 1. The zero-order chi connectivity index (χ0) is 15.4. The minimum atomic E-state index is 0.272. The van der Waals surface area contributed by atoms with Gasteiger partial charge in [0.05, 0.1) is 5.02 Å². The number of halogens is 2. The van der Waals surface area contributed by atoms with Crippen molar-refractivity contribution in [2.45, 2.75) is 19.9 Å². The smallest absolute Gasteiger partial charge is 0.144 e. The van der Waals surface area contributed by atoms with Crippen LogP contribution in [0.25, 0.3) is 5.70 Å². The SMILES string of the molecule is C=C(Nc1cccc(Cl)c1)c1cnc(NC(C)C)c(Cl)c1. The maximum Gasteiger partial charge on any atom is 0.144 e. The highest BCUT2D eigenvalue weighted by Crippen LogP contribution is 2.25. The summed E-state index contributed by atoms with van der Waals surface area (Å²) >= 11 is 12.2. The summed E-state index contributed by atoms with van der Waals surface area (Å²) < 4.78 is 0. The van der Waals surface area contributed by atoms with Crippen LogP contribution < -0.4 is 10.6 Å². The van der Waals surface area contributed by atoms with Crippen LogP contribution in [0.2, 0.25) is 10.0 Å². The number of nitrogens with one attached hydrogen (secondary N) is 2. The predicted octanol–water partition coefficient (Wildman–Crippen LogP) is 5.29. The topological polar surface area (TPSA) is 37.0 Å². The Morgan fingerprint density at radius 3 is 2.62 bits per heavy atom. The molecule has 21 heavy (non-hydrogen) atoms. The molecule has 1 aromatic carbocycles. The number of nitrogens with zero attached hydrogens (tertiary/aromatic N) is 1. The van der Waals surface area contributed by atoms with Gasteiger partial charge in [0.25, 0.3) is 0 Å². The summed E-state index contributed by atoms with van der Waals surface area (Å²) in [5.74, 6) is 0.672. The lowest BCUT2D eigenvalue weighted by molar-refractivity contribution is 0.889. The lowest BCUT2D eigenvalue weighted by atomic mass is 10.2. The van der Waals surface area contributed by atoms with E-state index in [0.29, 0.717) is 21.6 Å². The number of rotatable bonds is 5. The molecule has 2 rings (SSSR count). The fraction of sp³-hybridized carbons (Fsp3) is 0.188. The average Bonchev–Trinajstić information content (AvgIpc) is 2.40. The second kappa shape index (κ2) is 6.83. The molecule has 0 aliphatic rings. The molecule has 0 saturated heterocycles. The lowest BCUT2D eigenvalue weighted by Crippen LogP contribution is -2.11. The Balaban J connectivity index is 2.14. The predicted molar refractivity (Wildman–Crippen MR) is 92.1 cm³/mol. The third-order valence-corrected chi connectivity index (χ3v) is 3.26. The van der Waals surface area contributed by atoms with Crippen molar-refractivity contribution in [1.82, 2.24) is 4.98 Å². The molecular weight excluding hydrogens is 305 g/mol. The van der Waals surface area contributed by atoms with Gasteiger partial charge < -0.3 is 10.6 Å². The van der Waals surface area contributed by atoms with Gasteiger partial charge in [-0.1, -0.05) is 35.8 Å². The molecule has 0 atom stereocenters. The maximum absolute atomic E-state index is 6.23. The van der Waals surface area contributed by atoms with Crippen LogP contribution in [0.3, 0.4) is 0 Å². The van der Waals surface area contributed by atoms with E-state index >= 15 is 0 Å². The van der Waals surface area contributed by atoms with Gasteiger partial charge in [-0.05, 0) is 38.1 Å². The Morgan fingerprint density at radius 2 is 2.00 bits per heavy atom. The van der Waals surface area contributed by atoms with Gasteiger partial charge in [0, 0.05) is 34.2 Å². The Bertz CT molecular complexity index is 654. The lowest BCUT2D eigenvalue weighted by Gasteiger charge is -2.13. The van der Waals surface area contributed by atoms with Gasteiger partial charge in [0.15, 0.2) is 0 Å². The highest BCUT2D eigenvalue weighted by Gasteiger charge is 2.07. The molecule has 110 valence electrons. The van der Waals surface area contributed by atoms with Crippen LogP contribution in [0.1, 0.15) is 19.4 Å². The molecule has 3 nitrogen and oxygen atoms in total. The fourth-order valence-electron chi connectivity index (χ4n) is 1.80. The van der Waals surface area contributed by atoms with Crippen molar-refractivity contribution in [3.05, 3.63) is 58.7 Å². The summed E-state index contributed by atoms with van der Waals surface area (Å²) in [4.78, 5) is 4.33. The van der Waals surface area contributed by atoms with Gasteiger partial charge in [0.2, 0.25) is 0 Å². The number of hydrogen-bond acceptors (Lipinski definition) is 3. The molecule has 0 aliphatic carbocycles. The van der Waals surface area contributed by atoms with E-state index in [1.165, 1.54) is 0 Å². The third kappa shape index (κ3) is 4.38. The monoisotopic (exact) mass is 321 g/mol. The second-order valence-corrected chi connectivity index (χ2v) is 5.81. The van der Waals surface area contributed by atoms with Crippen molar-refractivity contribution in [3.8, 4) is 0 Å². The molecule has 1 aromatic heterocycles. The Kier molecular flexibility index (Phi) is 5.10.